The molecule has 0 aliphatic heterocycles. The first-order chi connectivity index (χ1) is 11.5. The van der Waals surface area contributed by atoms with Crippen LogP contribution < -0.4 is 10.5 Å². The molecule has 0 atom stereocenters. The molecule has 7 heteroatoms. The maximum absolute atomic E-state index is 12.8. The lowest BCUT2D eigenvalue weighted by Crippen LogP contribution is -2.49. The van der Waals surface area contributed by atoms with Gasteiger partial charge in [0, 0.05) is 23.7 Å². The smallest absolute Gasteiger partial charge is 0.241 e. The van der Waals surface area contributed by atoms with Crippen LogP contribution in [0.15, 0.2) is 45.9 Å². The van der Waals surface area contributed by atoms with E-state index in [1.165, 1.54) is 19.0 Å². The van der Waals surface area contributed by atoms with Gasteiger partial charge in [0.25, 0.3) is 0 Å². The molecule has 6 nitrogen and oxygen atoms in total. The number of nitrogens with zero attached hydrogens (tertiary/aromatic N) is 1. The molecule has 24 heavy (non-hydrogen) atoms. The van der Waals surface area contributed by atoms with Gasteiger partial charge in [0.2, 0.25) is 10.0 Å². The molecule has 3 N–H and O–H groups in total. The van der Waals surface area contributed by atoms with E-state index in [1.54, 1.807) is 30.3 Å². The zero-order valence-electron chi connectivity index (χ0n) is 13.6. The van der Waals surface area contributed by atoms with Crippen LogP contribution in [0, 0.1) is 0 Å². The Morgan fingerprint density at radius 2 is 1.83 bits per heavy atom. The summed E-state index contributed by atoms with van der Waals surface area (Å²) < 4.78 is 33.4. The minimum atomic E-state index is -3.68. The fraction of sp³-hybridized carbons (Fsp3) is 0.471. The molecule has 0 radical (unpaired) electrons. The van der Waals surface area contributed by atoms with Crippen LogP contribution in [-0.4, -0.2) is 25.7 Å². The predicted molar refractivity (Wildman–Crippen MR) is 91.7 cm³/mol. The van der Waals surface area contributed by atoms with E-state index in [9.17, 15) is 8.42 Å². The largest absolute Gasteiger partial charge is 0.356 e. The Morgan fingerprint density at radius 3 is 2.50 bits per heavy atom. The standard InChI is InChI=1S/C17H23N3O3S/c18-17(10-5-1-2-6-11-17)13-20-24(21,22)16-8-4-3-7-14(16)15-9-12-19-23-15/h3-4,7-9,12,20H,1-2,5-6,10-11,13,18H2. The average molecular weight is 349 g/mol. The second-order valence-electron chi connectivity index (χ2n) is 6.47. The van der Waals surface area contributed by atoms with Gasteiger partial charge in [-0.1, -0.05) is 43.0 Å². The zero-order chi connectivity index (χ0) is 17.0. The van der Waals surface area contributed by atoms with Crippen LogP contribution in [0.3, 0.4) is 0 Å². The van der Waals surface area contributed by atoms with Crippen molar-refractivity contribution in [2.45, 2.75) is 49.0 Å². The van der Waals surface area contributed by atoms with E-state index in [0.29, 0.717) is 11.3 Å². The Morgan fingerprint density at radius 1 is 1.12 bits per heavy atom. The van der Waals surface area contributed by atoms with Crippen LogP contribution in [0.25, 0.3) is 11.3 Å². The predicted octanol–water partition coefficient (Wildman–Crippen LogP) is 2.67. The molecule has 0 amide bonds. The second kappa shape index (κ2) is 7.04. The summed E-state index contributed by atoms with van der Waals surface area (Å²) in [6.07, 6.45) is 7.62. The quantitative estimate of drug-likeness (QED) is 0.809. The molecule has 1 aromatic carbocycles. The van der Waals surface area contributed by atoms with E-state index < -0.39 is 15.6 Å². The van der Waals surface area contributed by atoms with E-state index in [2.05, 4.69) is 9.88 Å². The molecule has 3 rings (SSSR count). The summed E-state index contributed by atoms with van der Waals surface area (Å²) in [4.78, 5) is 0.180. The van der Waals surface area contributed by atoms with Gasteiger partial charge in [-0.05, 0) is 25.0 Å². The van der Waals surface area contributed by atoms with Crippen LogP contribution in [-0.2, 0) is 10.0 Å². The highest BCUT2D eigenvalue weighted by atomic mass is 32.2. The highest BCUT2D eigenvalue weighted by molar-refractivity contribution is 7.89. The molecule has 0 spiro atoms. The lowest BCUT2D eigenvalue weighted by molar-refractivity contribution is 0.369. The van der Waals surface area contributed by atoms with Crippen LogP contribution in [0.5, 0.6) is 0 Å². The van der Waals surface area contributed by atoms with Crippen molar-refractivity contribution >= 4 is 10.0 Å². The van der Waals surface area contributed by atoms with Gasteiger partial charge in [0.1, 0.15) is 0 Å². The summed E-state index contributed by atoms with van der Waals surface area (Å²) >= 11 is 0. The van der Waals surface area contributed by atoms with Gasteiger partial charge < -0.3 is 10.3 Å². The summed E-state index contributed by atoms with van der Waals surface area (Å²) in [5, 5.41) is 3.65. The number of hydrogen-bond acceptors (Lipinski definition) is 5. The Hall–Kier alpha value is -1.70. The molecule has 130 valence electrons. The molecule has 0 unspecified atom stereocenters. The maximum atomic E-state index is 12.8. The minimum Gasteiger partial charge on any atom is -0.356 e. The fourth-order valence-electron chi connectivity index (χ4n) is 3.19. The summed E-state index contributed by atoms with van der Waals surface area (Å²) in [6, 6.07) is 8.38. The molecule has 1 aliphatic rings. The van der Waals surface area contributed by atoms with Crippen molar-refractivity contribution in [1.29, 1.82) is 0 Å². The van der Waals surface area contributed by atoms with Gasteiger partial charge in [0.15, 0.2) is 5.76 Å². The van der Waals surface area contributed by atoms with Crippen molar-refractivity contribution in [1.82, 2.24) is 9.88 Å². The highest BCUT2D eigenvalue weighted by Gasteiger charge is 2.29. The Labute approximate surface area is 142 Å². The third-order valence-electron chi connectivity index (χ3n) is 4.59. The number of sulfonamides is 1. The molecular weight excluding hydrogens is 326 g/mol. The molecular formula is C17H23N3O3S. The summed E-state index contributed by atoms with van der Waals surface area (Å²) in [7, 11) is -3.68. The molecule has 1 aromatic heterocycles. The summed E-state index contributed by atoms with van der Waals surface area (Å²) in [5.41, 5.74) is 6.45. The van der Waals surface area contributed by atoms with Crippen LogP contribution >= 0.6 is 0 Å². The summed E-state index contributed by atoms with van der Waals surface area (Å²) in [6.45, 7) is 0.250. The van der Waals surface area contributed by atoms with Crippen molar-refractivity contribution in [3.8, 4) is 11.3 Å². The van der Waals surface area contributed by atoms with E-state index >= 15 is 0 Å². The minimum absolute atomic E-state index is 0.180. The number of nitrogens with two attached hydrogens (primary N) is 1. The lowest BCUT2D eigenvalue weighted by Gasteiger charge is -2.28. The molecule has 2 aromatic rings. The van der Waals surface area contributed by atoms with Gasteiger partial charge >= 0.3 is 0 Å². The molecule has 1 heterocycles. The lowest BCUT2D eigenvalue weighted by atomic mass is 9.92. The van der Waals surface area contributed by atoms with Crippen molar-refractivity contribution in [2.75, 3.05) is 6.54 Å². The molecule has 0 bridgehead atoms. The maximum Gasteiger partial charge on any atom is 0.241 e. The number of benzene rings is 1. The molecule has 1 saturated carbocycles. The van der Waals surface area contributed by atoms with E-state index in [4.69, 9.17) is 10.3 Å². The number of rotatable bonds is 5. The van der Waals surface area contributed by atoms with Crippen LogP contribution in [0.1, 0.15) is 38.5 Å². The van der Waals surface area contributed by atoms with Gasteiger partial charge in [-0.25, -0.2) is 13.1 Å². The highest BCUT2D eigenvalue weighted by Crippen LogP contribution is 2.28. The van der Waals surface area contributed by atoms with Crippen molar-refractivity contribution < 1.29 is 12.9 Å². The molecule has 1 fully saturated rings. The number of aromatic nitrogens is 1. The van der Waals surface area contributed by atoms with Crippen LogP contribution in [0.2, 0.25) is 0 Å². The van der Waals surface area contributed by atoms with Gasteiger partial charge in [0.05, 0.1) is 11.1 Å². The number of hydrogen-bond donors (Lipinski definition) is 2. The van der Waals surface area contributed by atoms with Crippen molar-refractivity contribution in [3.05, 3.63) is 36.5 Å². The van der Waals surface area contributed by atoms with Crippen molar-refractivity contribution in [2.24, 2.45) is 5.73 Å². The fourth-order valence-corrected chi connectivity index (χ4v) is 4.53. The first-order valence-corrected chi connectivity index (χ1v) is 9.77. The third-order valence-corrected chi connectivity index (χ3v) is 6.05. The first kappa shape index (κ1) is 17.1. The zero-order valence-corrected chi connectivity index (χ0v) is 14.4. The Balaban J connectivity index is 1.81. The Kier molecular flexibility index (Phi) is 5.03. The van der Waals surface area contributed by atoms with E-state index in [1.807, 2.05) is 0 Å². The normalized spacial score (nSPS) is 18.2. The van der Waals surface area contributed by atoms with Crippen LogP contribution in [0.4, 0.5) is 0 Å². The Bertz CT molecular complexity index is 764. The van der Waals surface area contributed by atoms with Gasteiger partial charge in [-0.2, -0.15) is 0 Å². The topological polar surface area (TPSA) is 98.2 Å². The van der Waals surface area contributed by atoms with E-state index in [-0.39, 0.29) is 11.4 Å². The average Bonchev–Trinajstić information content (AvgIpc) is 3.03. The van der Waals surface area contributed by atoms with E-state index in [0.717, 1.165) is 25.7 Å². The third kappa shape index (κ3) is 3.85. The SMILES string of the molecule is NC1(CNS(=O)(=O)c2ccccc2-c2ccno2)CCCCCC1. The summed E-state index contributed by atoms with van der Waals surface area (Å²) in [5.74, 6) is 0.424. The monoisotopic (exact) mass is 349 g/mol. The number of nitrogens with one attached hydrogen (secondary N) is 1. The van der Waals surface area contributed by atoms with Crippen molar-refractivity contribution in [3.63, 3.8) is 0 Å². The first-order valence-electron chi connectivity index (χ1n) is 8.29. The second-order valence-corrected chi connectivity index (χ2v) is 8.21. The molecule has 1 aliphatic carbocycles. The van der Waals surface area contributed by atoms with Gasteiger partial charge in [-0.15, -0.1) is 0 Å². The molecule has 0 saturated heterocycles. The van der Waals surface area contributed by atoms with Gasteiger partial charge in [-0.3, -0.25) is 0 Å².